The minimum absolute atomic E-state index is 0.364. The number of carbonyl (C=O) groups excluding carboxylic acids is 2. The summed E-state index contributed by atoms with van der Waals surface area (Å²) >= 11 is 0. The summed E-state index contributed by atoms with van der Waals surface area (Å²) in [6, 6.07) is 4.42. The van der Waals surface area contributed by atoms with Gasteiger partial charge in [0.25, 0.3) is 0 Å². The van der Waals surface area contributed by atoms with Gasteiger partial charge in [0.2, 0.25) is 0 Å². The Morgan fingerprint density at radius 2 is 1.65 bits per heavy atom. The highest BCUT2D eigenvalue weighted by Crippen LogP contribution is 2.35. The normalized spacial score (nSPS) is 16.9. The number of hydrogen-bond donors (Lipinski definition) is 1. The Kier molecular flexibility index (Phi) is 3.44. The molecule has 1 aromatic rings. The number of imide groups is 1. The van der Waals surface area contributed by atoms with Crippen molar-refractivity contribution in [2.75, 3.05) is 34.0 Å². The van der Waals surface area contributed by atoms with Gasteiger partial charge < -0.3 is 20.3 Å². The molecule has 1 fully saturated rings. The van der Waals surface area contributed by atoms with Gasteiger partial charge in [0.05, 0.1) is 7.11 Å². The molecular formula is C13H18N4O3. The molecule has 0 aromatic heterocycles. The predicted molar refractivity (Wildman–Crippen MR) is 74.2 cm³/mol. The van der Waals surface area contributed by atoms with Gasteiger partial charge in [0.15, 0.2) is 0 Å². The van der Waals surface area contributed by atoms with Crippen LogP contribution in [0.5, 0.6) is 5.75 Å². The minimum Gasteiger partial charge on any atom is -0.496 e. The summed E-state index contributed by atoms with van der Waals surface area (Å²) in [5.74, 6) is 0.541. The van der Waals surface area contributed by atoms with Crippen LogP contribution in [0.3, 0.4) is 0 Å². The third-order valence-electron chi connectivity index (χ3n) is 3.45. The average Bonchev–Trinajstić information content (AvgIpc) is 2.44. The Labute approximate surface area is 117 Å². The van der Waals surface area contributed by atoms with Gasteiger partial charge in [-0.25, -0.2) is 14.5 Å². The molecule has 7 heteroatoms. The van der Waals surface area contributed by atoms with E-state index in [1.807, 2.05) is 0 Å². The van der Waals surface area contributed by atoms with Crippen LogP contribution in [-0.2, 0) is 0 Å². The van der Waals surface area contributed by atoms with Crippen molar-refractivity contribution in [1.29, 1.82) is 0 Å². The van der Waals surface area contributed by atoms with Crippen molar-refractivity contribution in [3.05, 3.63) is 23.8 Å². The van der Waals surface area contributed by atoms with Crippen LogP contribution in [-0.4, -0.2) is 55.0 Å². The van der Waals surface area contributed by atoms with Crippen LogP contribution < -0.4 is 10.5 Å². The largest absolute Gasteiger partial charge is 0.496 e. The molecule has 1 aliphatic rings. The van der Waals surface area contributed by atoms with Crippen LogP contribution in [0.4, 0.5) is 15.3 Å². The zero-order valence-corrected chi connectivity index (χ0v) is 12.0. The molecule has 1 aliphatic heterocycles. The predicted octanol–water partition coefficient (Wildman–Crippen LogP) is 1.33. The van der Waals surface area contributed by atoms with E-state index in [1.165, 1.54) is 24.0 Å². The summed E-state index contributed by atoms with van der Waals surface area (Å²) in [4.78, 5) is 28.2. The van der Waals surface area contributed by atoms with E-state index < -0.39 is 6.17 Å². The van der Waals surface area contributed by atoms with Gasteiger partial charge in [0.1, 0.15) is 11.9 Å². The lowest BCUT2D eigenvalue weighted by molar-refractivity contribution is 0.0592. The van der Waals surface area contributed by atoms with Crippen LogP contribution in [0.1, 0.15) is 11.7 Å². The zero-order valence-electron chi connectivity index (χ0n) is 12.0. The molecule has 1 saturated heterocycles. The number of nitrogen functional groups attached to an aromatic ring is 1. The molecule has 7 nitrogen and oxygen atoms in total. The number of urea groups is 2. The number of ether oxygens (including phenoxy) is 1. The molecule has 0 bridgehead atoms. The Balaban J connectivity index is 2.50. The second-order valence-electron chi connectivity index (χ2n) is 4.72. The van der Waals surface area contributed by atoms with Gasteiger partial charge >= 0.3 is 12.1 Å². The van der Waals surface area contributed by atoms with Crippen LogP contribution in [0.25, 0.3) is 0 Å². The molecular weight excluding hydrogens is 260 g/mol. The molecule has 0 atom stereocenters. The highest BCUT2D eigenvalue weighted by molar-refractivity contribution is 5.95. The standard InChI is InChI=1S/C13H18N4O3/c1-15-11(16(2)13(19)17(3)12(15)18)9-6-5-8(14)7-10(9)20-4/h5-7,11H,14H2,1-4H3. The molecule has 1 aromatic carbocycles. The molecule has 0 radical (unpaired) electrons. The van der Waals surface area contributed by atoms with Crippen LogP contribution in [0.2, 0.25) is 0 Å². The fourth-order valence-corrected chi connectivity index (χ4v) is 2.38. The average molecular weight is 278 g/mol. The van der Waals surface area contributed by atoms with Crippen LogP contribution in [0, 0.1) is 0 Å². The van der Waals surface area contributed by atoms with Crippen molar-refractivity contribution in [3.63, 3.8) is 0 Å². The maximum Gasteiger partial charge on any atom is 0.329 e. The third-order valence-corrected chi connectivity index (χ3v) is 3.45. The van der Waals surface area contributed by atoms with Crippen molar-refractivity contribution in [1.82, 2.24) is 14.7 Å². The highest BCUT2D eigenvalue weighted by Gasteiger charge is 2.40. The summed E-state index contributed by atoms with van der Waals surface area (Å²) < 4.78 is 5.30. The third kappa shape index (κ3) is 2.01. The van der Waals surface area contributed by atoms with Crippen molar-refractivity contribution >= 4 is 17.7 Å². The molecule has 0 unspecified atom stereocenters. The first-order valence-corrected chi connectivity index (χ1v) is 6.09. The summed E-state index contributed by atoms with van der Waals surface area (Å²) in [6.07, 6.45) is -0.526. The number of rotatable bonds is 2. The second kappa shape index (κ2) is 4.92. The number of methoxy groups -OCH3 is 1. The molecule has 1 heterocycles. The number of nitrogens with zero attached hydrogens (tertiary/aromatic N) is 3. The molecule has 0 saturated carbocycles. The lowest BCUT2D eigenvalue weighted by atomic mass is 10.1. The first kappa shape index (κ1) is 14.0. The fraction of sp³-hybridized carbons (Fsp3) is 0.385. The number of amides is 4. The molecule has 2 N–H and O–H groups in total. The molecule has 0 spiro atoms. The second-order valence-corrected chi connectivity index (χ2v) is 4.72. The van der Waals surface area contributed by atoms with E-state index in [2.05, 4.69) is 0 Å². The summed E-state index contributed by atoms with van der Waals surface area (Å²) in [7, 11) is 6.26. The first-order valence-electron chi connectivity index (χ1n) is 6.09. The van der Waals surface area contributed by atoms with Gasteiger partial charge in [-0.3, -0.25) is 0 Å². The number of hydrogen-bond acceptors (Lipinski definition) is 4. The maximum absolute atomic E-state index is 12.1. The van der Waals surface area contributed by atoms with Crippen molar-refractivity contribution in [2.45, 2.75) is 6.17 Å². The van der Waals surface area contributed by atoms with E-state index >= 15 is 0 Å². The quantitative estimate of drug-likeness (QED) is 0.828. The lowest BCUT2D eigenvalue weighted by Gasteiger charge is -2.43. The van der Waals surface area contributed by atoms with E-state index in [4.69, 9.17) is 10.5 Å². The summed E-state index contributed by atoms with van der Waals surface area (Å²) in [5.41, 5.74) is 7.00. The van der Waals surface area contributed by atoms with E-state index in [-0.39, 0.29) is 12.1 Å². The van der Waals surface area contributed by atoms with Gasteiger partial charge in [-0.2, -0.15) is 0 Å². The number of anilines is 1. The molecule has 108 valence electrons. The van der Waals surface area contributed by atoms with Crippen LogP contribution >= 0.6 is 0 Å². The van der Waals surface area contributed by atoms with Gasteiger partial charge in [-0.15, -0.1) is 0 Å². The Bertz CT molecular complexity index is 539. The molecule has 4 amide bonds. The SMILES string of the molecule is COc1cc(N)ccc1C1N(C)C(=O)N(C)C(=O)N1C. The summed E-state index contributed by atoms with van der Waals surface area (Å²) in [5, 5.41) is 0. The number of benzene rings is 1. The Morgan fingerprint density at radius 1 is 1.10 bits per heavy atom. The van der Waals surface area contributed by atoms with E-state index in [9.17, 15) is 9.59 Å². The molecule has 2 rings (SSSR count). The maximum atomic E-state index is 12.1. The van der Waals surface area contributed by atoms with Crippen LogP contribution in [0.15, 0.2) is 18.2 Å². The van der Waals surface area contributed by atoms with Gasteiger partial charge in [0, 0.05) is 38.5 Å². The van der Waals surface area contributed by atoms with E-state index in [1.54, 1.807) is 32.3 Å². The Morgan fingerprint density at radius 3 is 2.15 bits per heavy atom. The lowest BCUT2D eigenvalue weighted by Crippen LogP contribution is -2.58. The number of nitrogens with two attached hydrogens (primary N) is 1. The first-order chi connectivity index (χ1) is 9.38. The Hall–Kier alpha value is -2.44. The van der Waals surface area contributed by atoms with Crippen molar-refractivity contribution < 1.29 is 14.3 Å². The smallest absolute Gasteiger partial charge is 0.329 e. The summed E-state index contributed by atoms with van der Waals surface area (Å²) in [6.45, 7) is 0. The van der Waals surface area contributed by atoms with Gasteiger partial charge in [-0.1, -0.05) is 0 Å². The van der Waals surface area contributed by atoms with E-state index in [0.717, 1.165) is 4.90 Å². The van der Waals surface area contributed by atoms with Crippen molar-refractivity contribution in [3.8, 4) is 5.75 Å². The molecule has 20 heavy (non-hydrogen) atoms. The topological polar surface area (TPSA) is 79.1 Å². The monoisotopic (exact) mass is 278 g/mol. The fourth-order valence-electron chi connectivity index (χ4n) is 2.38. The number of carbonyl (C=O) groups is 2. The van der Waals surface area contributed by atoms with Gasteiger partial charge in [-0.05, 0) is 12.1 Å². The van der Waals surface area contributed by atoms with Crippen molar-refractivity contribution in [2.24, 2.45) is 0 Å². The van der Waals surface area contributed by atoms with E-state index in [0.29, 0.717) is 17.0 Å². The molecule has 0 aliphatic carbocycles. The zero-order chi connectivity index (χ0) is 15.0. The minimum atomic E-state index is -0.526. The highest BCUT2D eigenvalue weighted by atomic mass is 16.5.